The molecule has 160 valence electrons. The van der Waals surface area contributed by atoms with Crippen LogP contribution in [0.25, 0.3) is 6.08 Å². The summed E-state index contributed by atoms with van der Waals surface area (Å²) < 4.78 is 22.1. The molecule has 0 aliphatic carbocycles. The van der Waals surface area contributed by atoms with Crippen molar-refractivity contribution in [3.63, 3.8) is 0 Å². The minimum atomic E-state index is -0.758. The van der Waals surface area contributed by atoms with Crippen LogP contribution < -0.4 is 14.8 Å². The number of anilines is 1. The Balaban J connectivity index is 1.67. The van der Waals surface area contributed by atoms with Gasteiger partial charge in [0.05, 0.1) is 24.8 Å². The molecule has 0 bridgehead atoms. The van der Waals surface area contributed by atoms with Gasteiger partial charge in [-0.2, -0.15) is 0 Å². The lowest BCUT2D eigenvalue weighted by Gasteiger charge is -2.10. The lowest BCUT2D eigenvalue weighted by molar-refractivity contribution is -0.139. The highest BCUT2D eigenvalue weighted by molar-refractivity contribution is 6.32. The minimum absolute atomic E-state index is 0.0151. The molecule has 2 aliphatic rings. The van der Waals surface area contributed by atoms with Crippen molar-refractivity contribution >= 4 is 35.1 Å². The van der Waals surface area contributed by atoms with Crippen molar-refractivity contribution < 1.29 is 28.5 Å². The third kappa shape index (κ3) is 4.51. The Bertz CT molecular complexity index is 1080. The molecule has 2 aromatic carbocycles. The molecular formula is C23H20ClNO6. The number of ether oxygens (including phenoxy) is 4. The Morgan fingerprint density at radius 3 is 2.74 bits per heavy atom. The number of carbonyl (C=O) groups excluding carboxylic acids is 2. The topological polar surface area (TPSA) is 83.1 Å². The van der Waals surface area contributed by atoms with E-state index >= 15 is 0 Å². The van der Waals surface area contributed by atoms with E-state index in [0.29, 0.717) is 41.0 Å². The van der Waals surface area contributed by atoms with Crippen molar-refractivity contribution in [2.75, 3.05) is 25.1 Å². The molecular weight excluding hydrogens is 422 g/mol. The number of hydrogen-bond donors (Lipinski definition) is 1. The van der Waals surface area contributed by atoms with Gasteiger partial charge in [-0.3, -0.25) is 4.79 Å². The van der Waals surface area contributed by atoms with Crippen LogP contribution in [0.4, 0.5) is 5.69 Å². The Labute approximate surface area is 184 Å². The SMILES string of the molecule is CCOC(=O)C1=C(Nc2ccccc2)O/C(=C\c2cc(Cl)c3c(c2)OCCCO3)C1=O. The summed E-state index contributed by atoms with van der Waals surface area (Å²) >= 11 is 6.34. The second-order valence-electron chi connectivity index (χ2n) is 6.74. The summed E-state index contributed by atoms with van der Waals surface area (Å²) in [5.74, 6) is -0.403. The number of nitrogens with one attached hydrogen (secondary N) is 1. The number of Topliss-reactive ketones (excluding diaryl/α,β-unsaturated/α-hetero) is 1. The van der Waals surface area contributed by atoms with Crippen molar-refractivity contribution in [3.8, 4) is 11.5 Å². The first-order valence-corrected chi connectivity index (χ1v) is 10.2. The van der Waals surface area contributed by atoms with Crippen LogP contribution in [0.3, 0.4) is 0 Å². The van der Waals surface area contributed by atoms with Crippen LogP contribution in [-0.2, 0) is 19.1 Å². The molecule has 31 heavy (non-hydrogen) atoms. The van der Waals surface area contributed by atoms with E-state index < -0.39 is 11.8 Å². The van der Waals surface area contributed by atoms with Gasteiger partial charge in [0.15, 0.2) is 22.8 Å². The monoisotopic (exact) mass is 441 g/mol. The number of benzene rings is 2. The predicted octanol–water partition coefficient (Wildman–Crippen LogP) is 4.33. The zero-order chi connectivity index (χ0) is 21.8. The van der Waals surface area contributed by atoms with Crippen molar-refractivity contribution in [1.29, 1.82) is 0 Å². The molecule has 2 aliphatic heterocycles. The van der Waals surface area contributed by atoms with E-state index in [2.05, 4.69) is 5.32 Å². The Morgan fingerprint density at radius 2 is 1.97 bits per heavy atom. The smallest absolute Gasteiger partial charge is 0.347 e. The standard InChI is InChI=1S/C23H20ClNO6/c1-2-28-23(27)19-20(26)17(31-22(19)25-15-7-4-3-5-8-15)12-14-11-16(24)21-18(13-14)29-9-6-10-30-21/h3-5,7-8,11-13,25H,2,6,9-10H2,1H3/b17-12-. The number of allylic oxidation sites excluding steroid dienone is 1. The van der Waals surface area contributed by atoms with E-state index in [0.717, 1.165) is 6.42 Å². The largest absolute Gasteiger partial charge is 0.489 e. The van der Waals surface area contributed by atoms with E-state index in [1.54, 1.807) is 31.2 Å². The fourth-order valence-corrected chi connectivity index (χ4v) is 3.42. The van der Waals surface area contributed by atoms with Crippen LogP contribution >= 0.6 is 11.6 Å². The predicted molar refractivity (Wildman–Crippen MR) is 115 cm³/mol. The average molecular weight is 442 g/mol. The summed E-state index contributed by atoms with van der Waals surface area (Å²) in [6.07, 6.45) is 2.24. The molecule has 7 nitrogen and oxygen atoms in total. The van der Waals surface area contributed by atoms with Gasteiger partial charge in [0.1, 0.15) is 0 Å². The molecule has 4 rings (SSSR count). The molecule has 1 N–H and O–H groups in total. The Kier molecular flexibility index (Phi) is 6.13. The molecule has 2 heterocycles. The van der Waals surface area contributed by atoms with Gasteiger partial charge in [-0.05, 0) is 42.8 Å². The third-order valence-electron chi connectivity index (χ3n) is 4.52. The summed E-state index contributed by atoms with van der Waals surface area (Å²) in [5, 5.41) is 3.33. The maximum absolute atomic E-state index is 13.0. The molecule has 0 atom stereocenters. The lowest BCUT2D eigenvalue weighted by Crippen LogP contribution is -2.16. The van der Waals surface area contributed by atoms with Gasteiger partial charge in [0, 0.05) is 12.1 Å². The molecule has 0 aromatic heterocycles. The number of ketones is 1. The average Bonchev–Trinajstić information content (AvgIpc) is 2.91. The van der Waals surface area contributed by atoms with Crippen LogP contribution in [0.1, 0.15) is 18.9 Å². The van der Waals surface area contributed by atoms with Crippen LogP contribution in [0.5, 0.6) is 11.5 Å². The summed E-state index contributed by atoms with van der Waals surface area (Å²) in [7, 11) is 0. The number of rotatable bonds is 5. The second kappa shape index (κ2) is 9.14. The van der Waals surface area contributed by atoms with Crippen molar-refractivity contribution in [2.24, 2.45) is 0 Å². The third-order valence-corrected chi connectivity index (χ3v) is 4.80. The number of esters is 1. The zero-order valence-corrected chi connectivity index (χ0v) is 17.5. The normalized spacial score (nSPS) is 16.7. The molecule has 8 heteroatoms. The quantitative estimate of drug-likeness (QED) is 0.420. The van der Waals surface area contributed by atoms with E-state index in [4.69, 9.17) is 30.5 Å². The molecule has 0 saturated carbocycles. The van der Waals surface area contributed by atoms with Gasteiger partial charge >= 0.3 is 5.97 Å². The van der Waals surface area contributed by atoms with Gasteiger partial charge in [-0.25, -0.2) is 4.79 Å². The first-order valence-electron chi connectivity index (χ1n) is 9.83. The fraction of sp³-hybridized carbons (Fsp3) is 0.217. The molecule has 0 radical (unpaired) electrons. The van der Waals surface area contributed by atoms with Crippen LogP contribution in [0.15, 0.2) is 59.7 Å². The van der Waals surface area contributed by atoms with Crippen molar-refractivity contribution in [1.82, 2.24) is 0 Å². The molecule has 2 aromatic rings. The van der Waals surface area contributed by atoms with Crippen molar-refractivity contribution in [2.45, 2.75) is 13.3 Å². The number of carbonyl (C=O) groups is 2. The number of hydrogen-bond acceptors (Lipinski definition) is 7. The maximum atomic E-state index is 13.0. The Morgan fingerprint density at radius 1 is 1.19 bits per heavy atom. The van der Waals surface area contributed by atoms with E-state index in [1.165, 1.54) is 6.08 Å². The number of halogens is 1. The fourth-order valence-electron chi connectivity index (χ4n) is 3.14. The molecule has 0 unspecified atom stereocenters. The van der Waals surface area contributed by atoms with Crippen molar-refractivity contribution in [3.05, 3.63) is 70.3 Å². The second-order valence-corrected chi connectivity index (χ2v) is 7.14. The van der Waals surface area contributed by atoms with Crippen LogP contribution in [0, 0.1) is 0 Å². The highest BCUT2D eigenvalue weighted by Crippen LogP contribution is 2.39. The van der Waals surface area contributed by atoms with E-state index in [9.17, 15) is 9.59 Å². The van der Waals surface area contributed by atoms with Crippen LogP contribution in [0.2, 0.25) is 5.02 Å². The first-order chi connectivity index (χ1) is 15.1. The van der Waals surface area contributed by atoms with Gasteiger partial charge < -0.3 is 24.3 Å². The van der Waals surface area contributed by atoms with Gasteiger partial charge in [-0.1, -0.05) is 29.8 Å². The summed E-state index contributed by atoms with van der Waals surface area (Å²) in [6.45, 7) is 2.80. The highest BCUT2D eigenvalue weighted by Gasteiger charge is 2.37. The summed E-state index contributed by atoms with van der Waals surface area (Å²) in [4.78, 5) is 25.4. The van der Waals surface area contributed by atoms with E-state index in [-0.39, 0.29) is 23.8 Å². The van der Waals surface area contributed by atoms with Crippen LogP contribution in [-0.4, -0.2) is 31.6 Å². The van der Waals surface area contributed by atoms with Gasteiger partial charge in [0.25, 0.3) is 0 Å². The minimum Gasteiger partial charge on any atom is -0.489 e. The van der Waals surface area contributed by atoms with Gasteiger partial charge in [-0.15, -0.1) is 0 Å². The number of para-hydroxylation sites is 1. The highest BCUT2D eigenvalue weighted by atomic mass is 35.5. The molecule has 0 spiro atoms. The number of fused-ring (bicyclic) bond motifs is 1. The molecule has 0 saturated heterocycles. The summed E-state index contributed by atoms with van der Waals surface area (Å²) in [5.41, 5.74) is 1.03. The Hall–Kier alpha value is -3.45. The lowest BCUT2D eigenvalue weighted by atomic mass is 10.1. The van der Waals surface area contributed by atoms with Gasteiger partial charge in [0.2, 0.25) is 11.7 Å². The molecule has 0 amide bonds. The van der Waals surface area contributed by atoms with E-state index in [1.807, 2.05) is 18.2 Å². The summed E-state index contributed by atoms with van der Waals surface area (Å²) in [6, 6.07) is 12.4. The maximum Gasteiger partial charge on any atom is 0.347 e. The zero-order valence-electron chi connectivity index (χ0n) is 16.8. The first kappa shape index (κ1) is 20.8. The molecule has 0 fully saturated rings.